The number of carbonyl (C=O) groups excluding carboxylic acids is 3. The number of nitrogens with zero attached hydrogens (tertiary/aromatic N) is 2. The molecule has 8 rings (SSSR count). The molecule has 5 heterocycles. The second kappa shape index (κ2) is 8.12. The van der Waals surface area contributed by atoms with E-state index in [4.69, 9.17) is 0 Å². The number of likely N-dealkylation sites (tertiary alicyclic amines) is 1. The lowest BCUT2D eigenvalue weighted by atomic mass is 9.84. The second-order valence-electron chi connectivity index (χ2n) is 10.8. The predicted octanol–water partition coefficient (Wildman–Crippen LogP) is 5.56. The number of nitrogens with one attached hydrogen (secondary N) is 3. The Bertz CT molecular complexity index is 1960. The molecule has 2 unspecified atom stereocenters. The zero-order valence-corrected chi connectivity index (χ0v) is 22.3. The van der Waals surface area contributed by atoms with E-state index in [2.05, 4.69) is 32.6 Å². The molecule has 3 N–H and O–H groups in total. The summed E-state index contributed by atoms with van der Waals surface area (Å²) in [5.41, 5.74) is 6.27. The average molecular weight is 546 g/mol. The van der Waals surface area contributed by atoms with E-state index in [9.17, 15) is 14.4 Å². The van der Waals surface area contributed by atoms with E-state index < -0.39 is 0 Å². The number of benzene rings is 1. The van der Waals surface area contributed by atoms with Gasteiger partial charge in [-0.3, -0.25) is 14.4 Å². The highest BCUT2D eigenvalue weighted by atomic mass is 32.1. The molecule has 2 atom stereocenters. The van der Waals surface area contributed by atoms with Crippen molar-refractivity contribution in [3.8, 4) is 0 Å². The van der Waals surface area contributed by atoms with Crippen LogP contribution in [0, 0.1) is 12.8 Å². The molecule has 9 heteroatoms. The highest BCUT2D eigenvalue weighted by Gasteiger charge is 2.67. The molecule has 1 spiro atoms. The number of fused-ring (bicyclic) bond motifs is 3. The van der Waals surface area contributed by atoms with Gasteiger partial charge < -0.3 is 20.2 Å². The highest BCUT2D eigenvalue weighted by Crippen LogP contribution is 2.67. The van der Waals surface area contributed by atoms with Crippen molar-refractivity contribution in [2.45, 2.75) is 18.8 Å². The largest absolute Gasteiger partial charge is 0.351 e. The molecule has 0 radical (unpaired) electrons. The zero-order valence-electron chi connectivity index (χ0n) is 21.4. The lowest BCUT2D eigenvalue weighted by Crippen LogP contribution is -2.32. The number of ketones is 1. The number of para-hydroxylation sites is 1. The number of aromatic nitrogens is 3. The number of aromatic amines is 2. The molecule has 4 aromatic heterocycles. The first-order valence-electron chi connectivity index (χ1n) is 13.1. The van der Waals surface area contributed by atoms with Crippen LogP contribution in [-0.4, -0.2) is 44.0 Å². The third-order valence-electron chi connectivity index (χ3n) is 8.44. The Morgan fingerprint density at radius 3 is 3.00 bits per heavy atom. The van der Waals surface area contributed by atoms with Crippen LogP contribution in [0.15, 0.2) is 72.0 Å². The number of H-pyrrole nitrogens is 2. The van der Waals surface area contributed by atoms with E-state index in [-0.39, 0.29) is 23.0 Å². The Labute approximate surface area is 232 Å². The molecule has 40 heavy (non-hydrogen) atoms. The summed E-state index contributed by atoms with van der Waals surface area (Å²) < 4.78 is 0. The molecule has 5 aromatic rings. The van der Waals surface area contributed by atoms with Crippen molar-refractivity contribution >= 4 is 62.6 Å². The third kappa shape index (κ3) is 3.24. The summed E-state index contributed by atoms with van der Waals surface area (Å²) in [6.07, 6.45) is 9.37. The van der Waals surface area contributed by atoms with Crippen LogP contribution < -0.4 is 5.32 Å². The maximum atomic E-state index is 13.4. The van der Waals surface area contributed by atoms with Crippen LogP contribution in [0.4, 0.5) is 5.69 Å². The summed E-state index contributed by atoms with van der Waals surface area (Å²) >= 11 is 1.51. The zero-order chi connectivity index (χ0) is 27.2. The normalized spacial score (nSPS) is 21.0. The molecule has 0 bridgehead atoms. The maximum absolute atomic E-state index is 13.4. The van der Waals surface area contributed by atoms with Gasteiger partial charge in [-0.2, -0.15) is 0 Å². The number of rotatable bonds is 4. The number of anilines is 1. The minimum Gasteiger partial charge on any atom is -0.351 e. The molecule has 2 fully saturated rings. The van der Waals surface area contributed by atoms with E-state index in [1.807, 2.05) is 36.4 Å². The fourth-order valence-corrected chi connectivity index (χ4v) is 7.57. The van der Waals surface area contributed by atoms with Crippen LogP contribution in [0.2, 0.25) is 0 Å². The lowest BCUT2D eigenvalue weighted by molar-refractivity contribution is -0.123. The third-order valence-corrected chi connectivity index (χ3v) is 9.55. The van der Waals surface area contributed by atoms with Crippen LogP contribution in [0.1, 0.15) is 43.3 Å². The molecular weight excluding hydrogens is 522 g/mol. The van der Waals surface area contributed by atoms with Gasteiger partial charge in [-0.1, -0.05) is 18.2 Å². The number of allylic oxidation sites excluding steroid dienone is 2. The first-order chi connectivity index (χ1) is 19.4. The van der Waals surface area contributed by atoms with Gasteiger partial charge in [0.05, 0.1) is 16.8 Å². The average Bonchev–Trinajstić information content (AvgIpc) is 3.39. The van der Waals surface area contributed by atoms with Gasteiger partial charge in [0.2, 0.25) is 0 Å². The Kier molecular flexibility index (Phi) is 4.70. The van der Waals surface area contributed by atoms with Gasteiger partial charge in [-0.05, 0) is 60.0 Å². The Morgan fingerprint density at radius 1 is 1.25 bits per heavy atom. The molecule has 1 aromatic carbocycles. The van der Waals surface area contributed by atoms with Gasteiger partial charge in [0.1, 0.15) is 11.3 Å². The minimum absolute atomic E-state index is 0.00668. The number of carbonyl (C=O) groups is 3. The van der Waals surface area contributed by atoms with Crippen molar-refractivity contribution < 1.29 is 14.4 Å². The van der Waals surface area contributed by atoms with Gasteiger partial charge in [-0.25, -0.2) is 4.98 Å². The molecule has 8 nitrogen and oxygen atoms in total. The van der Waals surface area contributed by atoms with E-state index in [0.717, 1.165) is 50.0 Å². The SMILES string of the molecule is Cc1csc2c1C13CC1CN(C(=O)C=Cc1c[nH]c4ncc(NC(=O)c5cc6ccccc6[nH]5)cc14)C3=CC2=O. The van der Waals surface area contributed by atoms with Crippen molar-refractivity contribution in [3.63, 3.8) is 0 Å². The number of piperidine rings is 1. The van der Waals surface area contributed by atoms with E-state index in [0.29, 0.717) is 29.5 Å². The van der Waals surface area contributed by atoms with Crippen LogP contribution >= 0.6 is 11.3 Å². The summed E-state index contributed by atoms with van der Waals surface area (Å²) in [5, 5.41) is 6.70. The Morgan fingerprint density at radius 2 is 2.12 bits per heavy atom. The highest BCUT2D eigenvalue weighted by molar-refractivity contribution is 7.12. The van der Waals surface area contributed by atoms with E-state index in [1.54, 1.807) is 35.5 Å². The molecular formula is C31H23N5O3S. The van der Waals surface area contributed by atoms with Crippen LogP contribution in [0.3, 0.4) is 0 Å². The first-order valence-corrected chi connectivity index (χ1v) is 14.0. The summed E-state index contributed by atoms with van der Waals surface area (Å²) in [7, 11) is 0. The molecule has 1 saturated carbocycles. The van der Waals surface area contributed by atoms with Crippen molar-refractivity contribution in [1.82, 2.24) is 19.9 Å². The molecule has 3 aliphatic rings. The van der Waals surface area contributed by atoms with Gasteiger partial charge in [-0.15, -0.1) is 11.3 Å². The molecule has 1 saturated heterocycles. The number of amides is 2. The summed E-state index contributed by atoms with van der Waals surface area (Å²) in [6, 6.07) is 11.4. The van der Waals surface area contributed by atoms with Gasteiger partial charge in [0.25, 0.3) is 11.8 Å². The fourth-order valence-electron chi connectivity index (χ4n) is 6.52. The summed E-state index contributed by atoms with van der Waals surface area (Å²) in [6.45, 7) is 2.68. The quantitative estimate of drug-likeness (QED) is 0.257. The molecule has 2 aliphatic carbocycles. The second-order valence-corrected chi connectivity index (χ2v) is 11.6. The van der Waals surface area contributed by atoms with Crippen molar-refractivity contribution in [2.75, 3.05) is 11.9 Å². The lowest BCUT2D eigenvalue weighted by Gasteiger charge is -2.27. The number of hydrogen-bond donors (Lipinski definition) is 3. The topological polar surface area (TPSA) is 111 Å². The number of hydrogen-bond acceptors (Lipinski definition) is 5. The fraction of sp³-hybridized carbons (Fsp3) is 0.161. The minimum atomic E-state index is -0.263. The number of thiophene rings is 1. The molecule has 196 valence electrons. The molecule has 2 amide bonds. The van der Waals surface area contributed by atoms with Gasteiger partial charge >= 0.3 is 0 Å². The standard InChI is InChI=1S/C31H23N5O3S/c1-16-15-40-28-24(37)10-25-31(27(16)28)11-19(31)14-36(25)26(38)7-6-18-12-32-29-21(18)9-20(13-33-29)34-30(39)23-8-17-4-2-3-5-22(17)35-23/h2-10,12-13,15,19,35H,11,14H2,1H3,(H,32,33)(H,34,39). The molecule has 1 aliphatic heterocycles. The monoisotopic (exact) mass is 545 g/mol. The number of aryl methyl sites for hydroxylation is 1. The first kappa shape index (κ1) is 23.2. The summed E-state index contributed by atoms with van der Waals surface area (Å²) in [4.78, 5) is 52.4. The van der Waals surface area contributed by atoms with Crippen LogP contribution in [0.5, 0.6) is 0 Å². The van der Waals surface area contributed by atoms with Crippen LogP contribution in [-0.2, 0) is 10.2 Å². The summed E-state index contributed by atoms with van der Waals surface area (Å²) in [5.74, 6) is -0.0571. The van der Waals surface area contributed by atoms with E-state index >= 15 is 0 Å². The van der Waals surface area contributed by atoms with Gasteiger partial charge in [0, 0.05) is 57.9 Å². The van der Waals surface area contributed by atoms with Crippen molar-refractivity contribution in [3.05, 3.63) is 99.3 Å². The number of pyridine rings is 1. The van der Waals surface area contributed by atoms with E-state index in [1.165, 1.54) is 11.3 Å². The van der Waals surface area contributed by atoms with Crippen molar-refractivity contribution in [2.24, 2.45) is 5.92 Å². The van der Waals surface area contributed by atoms with Crippen LogP contribution in [0.25, 0.3) is 28.0 Å². The smallest absolute Gasteiger partial charge is 0.272 e. The maximum Gasteiger partial charge on any atom is 0.272 e. The Balaban J connectivity index is 1.04. The van der Waals surface area contributed by atoms with Crippen molar-refractivity contribution in [1.29, 1.82) is 0 Å². The van der Waals surface area contributed by atoms with Gasteiger partial charge in [0.15, 0.2) is 5.78 Å². The predicted molar refractivity (Wildman–Crippen MR) is 154 cm³/mol. The Hall–Kier alpha value is -4.76.